The standard InChI is InChI=1S/C21H25N3OS/c1-20-8-12-10-24(9-11-4-5-11)18(21(12,20)2)17(25)13-6-16-15(7-14(13)20)23-19(22-3)26-16/h6-7,11-12,18H,4-5,8-10H2,1-3H3,(H,22,23). The van der Waals surface area contributed by atoms with Crippen molar-refractivity contribution in [2.24, 2.45) is 17.3 Å². The maximum absolute atomic E-state index is 13.7. The third-order valence-electron chi connectivity index (χ3n) is 8.12. The van der Waals surface area contributed by atoms with Crippen LogP contribution in [0.3, 0.4) is 0 Å². The summed E-state index contributed by atoms with van der Waals surface area (Å²) in [6.45, 7) is 7.04. The predicted octanol–water partition coefficient (Wildman–Crippen LogP) is 3.91. The molecular weight excluding hydrogens is 342 g/mol. The van der Waals surface area contributed by atoms with Crippen LogP contribution in [0.5, 0.6) is 0 Å². The Morgan fingerprint density at radius 3 is 2.88 bits per heavy atom. The number of nitrogens with one attached hydrogen (secondary N) is 1. The Labute approximate surface area is 158 Å². The molecule has 6 rings (SSSR count). The van der Waals surface area contributed by atoms with E-state index in [1.54, 1.807) is 11.3 Å². The van der Waals surface area contributed by atoms with Crippen LogP contribution in [0.1, 0.15) is 49.0 Å². The first-order valence-electron chi connectivity index (χ1n) is 9.87. The molecule has 4 unspecified atom stereocenters. The van der Waals surface area contributed by atoms with Crippen LogP contribution < -0.4 is 5.32 Å². The lowest BCUT2D eigenvalue weighted by atomic mass is 9.39. The molecule has 0 bridgehead atoms. The number of rotatable bonds is 3. The Morgan fingerprint density at radius 1 is 1.35 bits per heavy atom. The number of fused-ring (bicyclic) bond motifs is 3. The number of anilines is 1. The fourth-order valence-corrected chi connectivity index (χ4v) is 7.17. The summed E-state index contributed by atoms with van der Waals surface area (Å²) >= 11 is 1.64. The van der Waals surface area contributed by atoms with Crippen molar-refractivity contribution in [1.82, 2.24) is 9.88 Å². The summed E-state index contributed by atoms with van der Waals surface area (Å²) in [6.07, 6.45) is 3.90. The molecule has 3 fully saturated rings. The number of carbonyl (C=O) groups is 1. The van der Waals surface area contributed by atoms with Crippen LogP contribution in [0, 0.1) is 17.3 Å². The number of Topliss-reactive ketones (excluding diaryl/α,β-unsaturated/α-hetero) is 1. The Morgan fingerprint density at radius 2 is 2.15 bits per heavy atom. The van der Waals surface area contributed by atoms with Crippen molar-refractivity contribution < 1.29 is 4.79 Å². The molecule has 1 aromatic heterocycles. The van der Waals surface area contributed by atoms with Crippen LogP contribution in [-0.4, -0.2) is 41.8 Å². The number of nitrogens with zero attached hydrogens (tertiary/aromatic N) is 2. The molecule has 136 valence electrons. The Bertz CT molecular complexity index is 964. The van der Waals surface area contributed by atoms with Crippen LogP contribution in [0.4, 0.5) is 5.13 Å². The van der Waals surface area contributed by atoms with E-state index in [0.717, 1.165) is 39.9 Å². The second kappa shape index (κ2) is 4.68. The number of thiazole rings is 1. The van der Waals surface area contributed by atoms with Crippen molar-refractivity contribution in [1.29, 1.82) is 0 Å². The van der Waals surface area contributed by atoms with Gasteiger partial charge in [-0.3, -0.25) is 9.69 Å². The van der Waals surface area contributed by atoms with Gasteiger partial charge < -0.3 is 5.32 Å². The molecule has 1 saturated heterocycles. The zero-order chi connectivity index (χ0) is 17.8. The predicted molar refractivity (Wildman–Crippen MR) is 105 cm³/mol. The summed E-state index contributed by atoms with van der Waals surface area (Å²) in [5.74, 6) is 1.86. The first-order chi connectivity index (χ1) is 12.5. The van der Waals surface area contributed by atoms with Gasteiger partial charge in [-0.2, -0.15) is 0 Å². The second-order valence-electron chi connectivity index (χ2n) is 9.31. The Hall–Kier alpha value is -1.46. The second-order valence-corrected chi connectivity index (χ2v) is 10.3. The minimum absolute atomic E-state index is 0.0773. The highest BCUT2D eigenvalue weighted by atomic mass is 32.1. The minimum atomic E-state index is 0.0773. The molecule has 4 atom stereocenters. The summed E-state index contributed by atoms with van der Waals surface area (Å²) in [7, 11) is 1.90. The SMILES string of the molecule is CNc1nc2cc3c(cc2s1)C(=O)C1N(CC2CC2)CC2CC3(C)C21C. The van der Waals surface area contributed by atoms with Crippen LogP contribution in [0.25, 0.3) is 10.2 Å². The van der Waals surface area contributed by atoms with Crippen LogP contribution >= 0.6 is 11.3 Å². The average Bonchev–Trinajstić information content (AvgIpc) is 3.28. The Balaban J connectivity index is 1.54. The fraction of sp³-hybridized carbons (Fsp3) is 0.619. The monoisotopic (exact) mass is 367 g/mol. The van der Waals surface area contributed by atoms with E-state index in [2.05, 4.69) is 36.2 Å². The van der Waals surface area contributed by atoms with Gasteiger partial charge in [0.2, 0.25) is 0 Å². The van der Waals surface area contributed by atoms with Gasteiger partial charge >= 0.3 is 0 Å². The van der Waals surface area contributed by atoms with Crippen molar-refractivity contribution in [2.45, 2.75) is 44.6 Å². The van der Waals surface area contributed by atoms with Gasteiger partial charge in [-0.1, -0.05) is 25.2 Å². The number of hydrogen-bond donors (Lipinski definition) is 1. The average molecular weight is 368 g/mol. The van der Waals surface area contributed by atoms with Crippen molar-refractivity contribution in [2.75, 3.05) is 25.5 Å². The van der Waals surface area contributed by atoms with Gasteiger partial charge in [0.25, 0.3) is 0 Å². The van der Waals surface area contributed by atoms with Gasteiger partial charge in [-0.25, -0.2) is 4.98 Å². The van der Waals surface area contributed by atoms with Gasteiger partial charge in [0.1, 0.15) is 0 Å². The summed E-state index contributed by atoms with van der Waals surface area (Å²) in [4.78, 5) is 20.9. The maximum atomic E-state index is 13.7. The van der Waals surface area contributed by atoms with E-state index in [1.807, 2.05) is 7.05 Å². The smallest absolute Gasteiger partial charge is 0.183 e. The topological polar surface area (TPSA) is 45.2 Å². The van der Waals surface area contributed by atoms with E-state index in [9.17, 15) is 4.79 Å². The van der Waals surface area contributed by atoms with Crippen LogP contribution in [0.15, 0.2) is 12.1 Å². The zero-order valence-electron chi connectivity index (χ0n) is 15.6. The van der Waals surface area contributed by atoms with Gasteiger partial charge in [-0.15, -0.1) is 0 Å². The molecule has 0 amide bonds. The molecule has 5 heteroatoms. The quantitative estimate of drug-likeness (QED) is 0.893. The molecule has 1 aliphatic heterocycles. The molecular formula is C21H25N3OS. The number of aromatic nitrogens is 1. The highest BCUT2D eigenvalue weighted by Crippen LogP contribution is 2.70. The maximum Gasteiger partial charge on any atom is 0.183 e. The third kappa shape index (κ3) is 1.65. The third-order valence-corrected chi connectivity index (χ3v) is 9.15. The molecule has 2 saturated carbocycles. The molecule has 1 aromatic carbocycles. The van der Waals surface area contributed by atoms with E-state index >= 15 is 0 Å². The molecule has 1 N–H and O–H groups in total. The van der Waals surface area contributed by atoms with Gasteiger partial charge in [0.05, 0.1) is 16.3 Å². The first kappa shape index (κ1) is 15.6. The van der Waals surface area contributed by atoms with E-state index in [0.29, 0.717) is 11.7 Å². The molecule has 3 aliphatic carbocycles. The molecule has 2 aromatic rings. The molecule has 4 aliphatic rings. The molecule has 26 heavy (non-hydrogen) atoms. The first-order valence-corrected chi connectivity index (χ1v) is 10.7. The lowest BCUT2D eigenvalue weighted by Gasteiger charge is -2.63. The van der Waals surface area contributed by atoms with E-state index in [1.165, 1.54) is 24.8 Å². The summed E-state index contributed by atoms with van der Waals surface area (Å²) in [5.41, 5.74) is 3.44. The number of benzene rings is 1. The molecule has 0 spiro atoms. The number of hydrogen-bond acceptors (Lipinski definition) is 5. The number of likely N-dealkylation sites (tertiary alicyclic amines) is 1. The molecule has 0 radical (unpaired) electrons. The lowest BCUT2D eigenvalue weighted by Crippen LogP contribution is -2.66. The molecule has 2 heterocycles. The van der Waals surface area contributed by atoms with Gasteiger partial charge in [-0.05, 0) is 48.8 Å². The highest BCUT2D eigenvalue weighted by Gasteiger charge is 2.73. The van der Waals surface area contributed by atoms with Crippen LogP contribution in [-0.2, 0) is 5.41 Å². The van der Waals surface area contributed by atoms with Gasteiger partial charge in [0, 0.05) is 36.5 Å². The van der Waals surface area contributed by atoms with Crippen molar-refractivity contribution in [3.8, 4) is 0 Å². The van der Waals surface area contributed by atoms with Crippen molar-refractivity contribution in [3.05, 3.63) is 23.3 Å². The summed E-state index contributed by atoms with van der Waals surface area (Å²) < 4.78 is 1.12. The van der Waals surface area contributed by atoms with Crippen molar-refractivity contribution >= 4 is 32.5 Å². The number of carbonyl (C=O) groups excluding carboxylic acids is 1. The Kier molecular flexibility index (Phi) is 2.81. The number of ketones is 1. The largest absolute Gasteiger partial charge is 0.365 e. The lowest BCUT2D eigenvalue weighted by molar-refractivity contribution is -0.0476. The zero-order valence-corrected chi connectivity index (χ0v) is 16.4. The highest BCUT2D eigenvalue weighted by molar-refractivity contribution is 7.22. The fourth-order valence-electron chi connectivity index (χ4n) is 6.33. The minimum Gasteiger partial charge on any atom is -0.365 e. The van der Waals surface area contributed by atoms with Crippen LogP contribution in [0.2, 0.25) is 0 Å². The summed E-state index contributed by atoms with van der Waals surface area (Å²) in [5, 5.41) is 4.07. The van der Waals surface area contributed by atoms with E-state index in [-0.39, 0.29) is 16.9 Å². The van der Waals surface area contributed by atoms with Gasteiger partial charge in [0.15, 0.2) is 10.9 Å². The van der Waals surface area contributed by atoms with E-state index in [4.69, 9.17) is 4.98 Å². The molecule has 4 nitrogen and oxygen atoms in total. The summed E-state index contributed by atoms with van der Waals surface area (Å²) in [6, 6.07) is 4.44. The normalized spacial score (nSPS) is 38.2. The van der Waals surface area contributed by atoms with Crippen molar-refractivity contribution in [3.63, 3.8) is 0 Å². The van der Waals surface area contributed by atoms with E-state index < -0.39 is 0 Å².